The first-order chi connectivity index (χ1) is 11.2. The van der Waals surface area contributed by atoms with E-state index in [-0.39, 0.29) is 0 Å². The van der Waals surface area contributed by atoms with E-state index in [1.165, 1.54) is 16.7 Å². The monoisotopic (exact) mass is 308 g/mol. The lowest BCUT2D eigenvalue weighted by Gasteiger charge is -2.06. The second-order valence-electron chi connectivity index (χ2n) is 5.36. The van der Waals surface area contributed by atoms with E-state index in [9.17, 15) is 0 Å². The van der Waals surface area contributed by atoms with Crippen LogP contribution in [0.1, 0.15) is 30.0 Å². The molecule has 2 rings (SSSR count). The molecular formula is C21H24O2. The number of aryl methyl sites for hydroxylation is 1. The molecule has 0 N–H and O–H groups in total. The van der Waals surface area contributed by atoms with E-state index in [1.54, 1.807) is 14.2 Å². The SMILES string of the molecule is CC/C=C(/C=C/c1ccc(OC)c(C)c1)c1ccc(OC)cc1. The zero-order valence-corrected chi connectivity index (χ0v) is 14.3. The maximum Gasteiger partial charge on any atom is 0.121 e. The summed E-state index contributed by atoms with van der Waals surface area (Å²) in [6.07, 6.45) is 7.52. The summed E-state index contributed by atoms with van der Waals surface area (Å²) in [7, 11) is 3.38. The van der Waals surface area contributed by atoms with Crippen LogP contribution in [0.4, 0.5) is 0 Å². The fourth-order valence-electron chi connectivity index (χ4n) is 2.48. The van der Waals surface area contributed by atoms with Gasteiger partial charge in [0, 0.05) is 0 Å². The van der Waals surface area contributed by atoms with Crippen molar-refractivity contribution >= 4 is 11.6 Å². The molecule has 0 spiro atoms. The van der Waals surface area contributed by atoms with Crippen LogP contribution < -0.4 is 9.47 Å². The largest absolute Gasteiger partial charge is 0.497 e. The molecule has 0 amide bonds. The Morgan fingerprint density at radius 3 is 2.30 bits per heavy atom. The molecule has 0 fully saturated rings. The molecule has 0 saturated carbocycles. The Balaban J connectivity index is 2.25. The number of benzene rings is 2. The van der Waals surface area contributed by atoms with Gasteiger partial charge in [-0.2, -0.15) is 0 Å². The van der Waals surface area contributed by atoms with Crippen LogP contribution in [0.25, 0.3) is 11.6 Å². The van der Waals surface area contributed by atoms with Crippen molar-refractivity contribution in [1.29, 1.82) is 0 Å². The summed E-state index contributed by atoms with van der Waals surface area (Å²) in [5.74, 6) is 1.79. The van der Waals surface area contributed by atoms with Crippen molar-refractivity contribution in [2.75, 3.05) is 14.2 Å². The zero-order chi connectivity index (χ0) is 16.7. The minimum absolute atomic E-state index is 0.874. The van der Waals surface area contributed by atoms with Crippen LogP contribution in [0.15, 0.2) is 54.6 Å². The van der Waals surface area contributed by atoms with Crippen LogP contribution in [0.5, 0.6) is 11.5 Å². The van der Waals surface area contributed by atoms with Gasteiger partial charge in [0.25, 0.3) is 0 Å². The fraction of sp³-hybridized carbons (Fsp3) is 0.238. The van der Waals surface area contributed by atoms with Crippen molar-refractivity contribution in [2.24, 2.45) is 0 Å². The minimum Gasteiger partial charge on any atom is -0.497 e. The van der Waals surface area contributed by atoms with Crippen molar-refractivity contribution in [1.82, 2.24) is 0 Å². The molecule has 0 radical (unpaired) electrons. The van der Waals surface area contributed by atoms with E-state index in [0.717, 1.165) is 23.5 Å². The first kappa shape index (κ1) is 16.9. The van der Waals surface area contributed by atoms with Gasteiger partial charge in [0.1, 0.15) is 11.5 Å². The van der Waals surface area contributed by atoms with Crippen molar-refractivity contribution < 1.29 is 9.47 Å². The Kier molecular flexibility index (Phi) is 6.04. The smallest absolute Gasteiger partial charge is 0.121 e. The second-order valence-corrected chi connectivity index (χ2v) is 5.36. The molecule has 2 aromatic carbocycles. The van der Waals surface area contributed by atoms with Crippen LogP contribution in [0.2, 0.25) is 0 Å². The molecule has 120 valence electrons. The zero-order valence-electron chi connectivity index (χ0n) is 14.3. The number of ether oxygens (including phenoxy) is 2. The third kappa shape index (κ3) is 4.49. The highest BCUT2D eigenvalue weighted by atomic mass is 16.5. The van der Waals surface area contributed by atoms with Crippen LogP contribution >= 0.6 is 0 Å². The van der Waals surface area contributed by atoms with E-state index < -0.39 is 0 Å². The molecule has 2 nitrogen and oxygen atoms in total. The predicted molar refractivity (Wildman–Crippen MR) is 98.0 cm³/mol. The Bertz CT molecular complexity index is 694. The lowest BCUT2D eigenvalue weighted by molar-refractivity contribution is 0.411. The lowest BCUT2D eigenvalue weighted by Crippen LogP contribution is -1.87. The van der Waals surface area contributed by atoms with Crippen LogP contribution in [-0.4, -0.2) is 14.2 Å². The van der Waals surface area contributed by atoms with Gasteiger partial charge in [0.2, 0.25) is 0 Å². The fourth-order valence-corrected chi connectivity index (χ4v) is 2.48. The Morgan fingerprint density at radius 1 is 1.00 bits per heavy atom. The summed E-state index contributed by atoms with van der Waals surface area (Å²) in [4.78, 5) is 0. The number of hydrogen-bond donors (Lipinski definition) is 0. The van der Waals surface area contributed by atoms with Gasteiger partial charge in [0.05, 0.1) is 14.2 Å². The molecule has 0 unspecified atom stereocenters. The molecule has 0 saturated heterocycles. The molecule has 0 aliphatic rings. The molecule has 0 aliphatic carbocycles. The van der Waals surface area contributed by atoms with Gasteiger partial charge in [-0.25, -0.2) is 0 Å². The molecule has 0 heterocycles. The van der Waals surface area contributed by atoms with Gasteiger partial charge in [-0.05, 0) is 59.9 Å². The summed E-state index contributed by atoms with van der Waals surface area (Å²) < 4.78 is 10.5. The Labute approximate surface area is 139 Å². The highest BCUT2D eigenvalue weighted by molar-refractivity contribution is 5.79. The van der Waals surface area contributed by atoms with E-state index >= 15 is 0 Å². The van der Waals surface area contributed by atoms with Crippen molar-refractivity contribution in [2.45, 2.75) is 20.3 Å². The molecule has 0 aliphatic heterocycles. The summed E-state index contributed by atoms with van der Waals surface area (Å²) in [5.41, 5.74) is 4.71. The van der Waals surface area contributed by atoms with Crippen molar-refractivity contribution in [3.05, 3.63) is 71.3 Å². The third-order valence-corrected chi connectivity index (χ3v) is 3.72. The van der Waals surface area contributed by atoms with Gasteiger partial charge >= 0.3 is 0 Å². The number of allylic oxidation sites excluding steroid dienone is 3. The van der Waals surface area contributed by atoms with Crippen molar-refractivity contribution in [3.63, 3.8) is 0 Å². The predicted octanol–water partition coefficient (Wildman–Crippen LogP) is 5.52. The lowest BCUT2D eigenvalue weighted by atomic mass is 10.0. The standard InChI is InChI=1S/C21H24O2/c1-5-6-18(19-10-12-20(22-3)13-11-19)9-7-17-8-14-21(23-4)16(2)15-17/h6-15H,5H2,1-4H3/b9-7+,18-6-. The highest BCUT2D eigenvalue weighted by Gasteiger charge is 2.00. The first-order valence-corrected chi connectivity index (χ1v) is 7.85. The van der Waals surface area contributed by atoms with Gasteiger partial charge in [-0.15, -0.1) is 0 Å². The Hall–Kier alpha value is -2.48. The third-order valence-electron chi connectivity index (χ3n) is 3.72. The molecule has 2 heteroatoms. The molecule has 0 aromatic heterocycles. The number of methoxy groups -OCH3 is 2. The minimum atomic E-state index is 0.874. The topological polar surface area (TPSA) is 18.5 Å². The van der Waals surface area contributed by atoms with E-state index in [0.29, 0.717) is 0 Å². The second kappa shape index (κ2) is 8.23. The van der Waals surface area contributed by atoms with Gasteiger partial charge < -0.3 is 9.47 Å². The average Bonchev–Trinajstić information content (AvgIpc) is 2.59. The number of hydrogen-bond acceptors (Lipinski definition) is 2. The number of rotatable bonds is 6. The quantitative estimate of drug-likeness (QED) is 0.654. The summed E-state index contributed by atoms with van der Waals surface area (Å²) in [6.45, 7) is 4.21. The van der Waals surface area contributed by atoms with Crippen LogP contribution in [0, 0.1) is 6.92 Å². The maximum atomic E-state index is 5.31. The van der Waals surface area contributed by atoms with E-state index in [2.05, 4.69) is 56.3 Å². The summed E-state index contributed by atoms with van der Waals surface area (Å²) in [6, 6.07) is 14.4. The van der Waals surface area contributed by atoms with Crippen LogP contribution in [-0.2, 0) is 0 Å². The first-order valence-electron chi connectivity index (χ1n) is 7.85. The summed E-state index contributed by atoms with van der Waals surface area (Å²) >= 11 is 0. The summed E-state index contributed by atoms with van der Waals surface area (Å²) in [5, 5.41) is 0. The molecule has 23 heavy (non-hydrogen) atoms. The van der Waals surface area contributed by atoms with Gasteiger partial charge in [-0.1, -0.05) is 43.4 Å². The van der Waals surface area contributed by atoms with Crippen LogP contribution in [0.3, 0.4) is 0 Å². The van der Waals surface area contributed by atoms with E-state index in [4.69, 9.17) is 9.47 Å². The van der Waals surface area contributed by atoms with Gasteiger partial charge in [-0.3, -0.25) is 0 Å². The maximum absolute atomic E-state index is 5.31. The molecule has 0 atom stereocenters. The van der Waals surface area contributed by atoms with Gasteiger partial charge in [0.15, 0.2) is 0 Å². The molecule has 2 aromatic rings. The normalized spacial score (nSPS) is 11.7. The average molecular weight is 308 g/mol. The Morgan fingerprint density at radius 2 is 1.74 bits per heavy atom. The molecule has 0 bridgehead atoms. The molecular weight excluding hydrogens is 284 g/mol. The highest BCUT2D eigenvalue weighted by Crippen LogP contribution is 2.23. The van der Waals surface area contributed by atoms with E-state index in [1.807, 2.05) is 18.2 Å². The van der Waals surface area contributed by atoms with Crippen molar-refractivity contribution in [3.8, 4) is 11.5 Å².